The first kappa shape index (κ1) is 14.9. The molecule has 0 aliphatic rings. The van der Waals surface area contributed by atoms with Crippen LogP contribution in [0.25, 0.3) is 10.9 Å². The number of rotatable bonds is 2. The Kier molecular flexibility index (Phi) is 5.50. The van der Waals surface area contributed by atoms with Gasteiger partial charge in [-0.25, -0.2) is 0 Å². The van der Waals surface area contributed by atoms with Crippen molar-refractivity contribution in [2.24, 2.45) is 5.92 Å². The lowest BCUT2D eigenvalue weighted by atomic mass is 9.95. The van der Waals surface area contributed by atoms with Crippen LogP contribution in [-0.2, 0) is 4.43 Å². The van der Waals surface area contributed by atoms with Crippen LogP contribution >= 0.6 is 0 Å². The molecule has 0 aliphatic carbocycles. The van der Waals surface area contributed by atoms with Crippen LogP contribution in [-0.4, -0.2) is 21.1 Å². The normalized spacial score (nSPS) is 11.2. The predicted molar refractivity (Wildman–Crippen MR) is 77.5 cm³/mol. The fraction of sp³-hybridized carbons (Fsp3) is 0.400. The van der Waals surface area contributed by atoms with Gasteiger partial charge in [-0.05, 0) is 31.9 Å². The van der Waals surface area contributed by atoms with Crippen molar-refractivity contribution in [3.63, 3.8) is 0 Å². The summed E-state index contributed by atoms with van der Waals surface area (Å²) >= 11 is 0. The molecule has 3 heteroatoms. The SMILES string of the molecule is CC(C)C(C)(C)O[Si].c1ccc2ncccc2c1. The van der Waals surface area contributed by atoms with Crippen LogP contribution in [0.3, 0.4) is 0 Å². The van der Waals surface area contributed by atoms with Gasteiger partial charge in [-0.1, -0.05) is 38.1 Å². The third-order valence-electron chi connectivity index (χ3n) is 3.17. The minimum Gasteiger partial charge on any atom is -0.413 e. The number of benzene rings is 1. The quantitative estimate of drug-likeness (QED) is 0.765. The molecule has 0 unspecified atom stereocenters. The van der Waals surface area contributed by atoms with Gasteiger partial charge in [0, 0.05) is 11.6 Å². The molecule has 2 aromatic rings. The first-order valence-corrected chi connectivity index (χ1v) is 6.52. The predicted octanol–water partition coefficient (Wildman–Crippen LogP) is 3.76. The first-order valence-electron chi connectivity index (χ1n) is 6.12. The summed E-state index contributed by atoms with van der Waals surface area (Å²) in [6.45, 7) is 8.34. The monoisotopic (exact) mass is 258 g/mol. The minimum absolute atomic E-state index is 0.0448. The Bertz CT molecular complexity index is 417. The van der Waals surface area contributed by atoms with E-state index in [9.17, 15) is 0 Å². The van der Waals surface area contributed by atoms with E-state index in [1.807, 2.05) is 44.3 Å². The van der Waals surface area contributed by atoms with Crippen molar-refractivity contribution in [3.8, 4) is 0 Å². The summed E-state index contributed by atoms with van der Waals surface area (Å²) in [5, 5.41) is 1.20. The second kappa shape index (κ2) is 6.66. The Labute approximate surface area is 113 Å². The summed E-state index contributed by atoms with van der Waals surface area (Å²) in [5.74, 6) is 0.542. The molecule has 95 valence electrons. The van der Waals surface area contributed by atoms with Crippen LogP contribution in [0.5, 0.6) is 0 Å². The van der Waals surface area contributed by atoms with Gasteiger partial charge in [0.2, 0.25) is 10.5 Å². The molecular formula is C15H20NOSi. The molecule has 0 fully saturated rings. The van der Waals surface area contributed by atoms with Crippen molar-refractivity contribution >= 4 is 21.4 Å². The second-order valence-electron chi connectivity index (χ2n) is 5.06. The van der Waals surface area contributed by atoms with Gasteiger partial charge in [0.15, 0.2) is 0 Å². The maximum absolute atomic E-state index is 5.00. The van der Waals surface area contributed by atoms with Crippen molar-refractivity contribution < 1.29 is 4.43 Å². The first-order chi connectivity index (χ1) is 8.47. The molecule has 0 atom stereocenters. The fourth-order valence-electron chi connectivity index (χ4n) is 1.13. The van der Waals surface area contributed by atoms with Gasteiger partial charge < -0.3 is 4.43 Å². The van der Waals surface area contributed by atoms with E-state index in [1.165, 1.54) is 5.39 Å². The Morgan fingerprint density at radius 1 is 1.11 bits per heavy atom. The zero-order valence-electron chi connectivity index (χ0n) is 11.5. The van der Waals surface area contributed by atoms with Gasteiger partial charge in [-0.3, -0.25) is 4.98 Å². The molecule has 1 aromatic carbocycles. The Morgan fingerprint density at radius 3 is 2.22 bits per heavy atom. The number of para-hydroxylation sites is 1. The van der Waals surface area contributed by atoms with Crippen LogP contribution in [0, 0.1) is 5.92 Å². The van der Waals surface area contributed by atoms with Crippen LogP contribution < -0.4 is 0 Å². The lowest BCUT2D eigenvalue weighted by Crippen LogP contribution is -2.29. The highest BCUT2D eigenvalue weighted by Crippen LogP contribution is 2.17. The van der Waals surface area contributed by atoms with E-state index in [0.29, 0.717) is 5.92 Å². The van der Waals surface area contributed by atoms with Crippen molar-refractivity contribution in [2.75, 3.05) is 0 Å². The molecule has 0 saturated carbocycles. The van der Waals surface area contributed by atoms with Crippen LogP contribution in [0.2, 0.25) is 0 Å². The maximum Gasteiger partial charge on any atom is 0.246 e. The topological polar surface area (TPSA) is 22.1 Å². The molecule has 0 saturated heterocycles. The van der Waals surface area contributed by atoms with Crippen molar-refractivity contribution in [2.45, 2.75) is 33.3 Å². The zero-order chi connectivity index (χ0) is 13.6. The maximum atomic E-state index is 5.00. The van der Waals surface area contributed by atoms with Crippen molar-refractivity contribution in [1.82, 2.24) is 4.98 Å². The number of hydrogen-bond donors (Lipinski definition) is 0. The average Bonchev–Trinajstić information content (AvgIpc) is 2.39. The number of nitrogens with zero attached hydrogens (tertiary/aromatic N) is 1. The molecule has 0 aliphatic heterocycles. The van der Waals surface area contributed by atoms with Crippen molar-refractivity contribution in [1.29, 1.82) is 0 Å². The molecule has 2 nitrogen and oxygen atoms in total. The summed E-state index contributed by atoms with van der Waals surface area (Å²) in [6.07, 6.45) is 1.81. The largest absolute Gasteiger partial charge is 0.413 e. The number of fused-ring (bicyclic) bond motifs is 1. The van der Waals surface area contributed by atoms with E-state index in [2.05, 4.69) is 41.5 Å². The van der Waals surface area contributed by atoms with Crippen LogP contribution in [0.1, 0.15) is 27.7 Å². The van der Waals surface area contributed by atoms with E-state index >= 15 is 0 Å². The van der Waals surface area contributed by atoms with E-state index < -0.39 is 0 Å². The van der Waals surface area contributed by atoms with Gasteiger partial charge >= 0.3 is 0 Å². The molecule has 0 N–H and O–H groups in total. The molecule has 0 spiro atoms. The lowest BCUT2D eigenvalue weighted by Gasteiger charge is -2.27. The third-order valence-corrected chi connectivity index (χ3v) is 3.69. The van der Waals surface area contributed by atoms with Gasteiger partial charge in [-0.2, -0.15) is 0 Å². The highest BCUT2D eigenvalue weighted by atomic mass is 28.2. The summed E-state index contributed by atoms with van der Waals surface area (Å²) in [6, 6.07) is 12.1. The standard InChI is InChI=1S/C9H7N.C6H13OSi/c1-2-6-9-8(4-1)5-3-7-10-9;1-5(2)6(3,4)7-8/h1-7H;5H,1-4H3. The van der Waals surface area contributed by atoms with Crippen LogP contribution in [0.15, 0.2) is 42.6 Å². The Balaban J connectivity index is 0.000000187. The molecule has 1 aromatic heterocycles. The summed E-state index contributed by atoms with van der Waals surface area (Å²) < 4.78 is 5.00. The summed E-state index contributed by atoms with van der Waals surface area (Å²) in [4.78, 5) is 4.18. The van der Waals surface area contributed by atoms with Gasteiger partial charge in [0.25, 0.3) is 0 Å². The highest BCUT2D eigenvalue weighted by molar-refractivity contribution is 5.98. The fourth-order valence-corrected chi connectivity index (χ4v) is 1.37. The third kappa shape index (κ3) is 4.24. The zero-order valence-corrected chi connectivity index (χ0v) is 12.5. The van der Waals surface area contributed by atoms with Gasteiger partial charge in [0.1, 0.15) is 0 Å². The molecule has 2 rings (SSSR count). The number of hydrogen-bond acceptors (Lipinski definition) is 2. The molecular weight excluding hydrogens is 238 g/mol. The Hall–Kier alpha value is -1.19. The highest BCUT2D eigenvalue weighted by Gasteiger charge is 2.19. The van der Waals surface area contributed by atoms with E-state index in [-0.39, 0.29) is 5.60 Å². The van der Waals surface area contributed by atoms with Crippen LogP contribution in [0.4, 0.5) is 0 Å². The van der Waals surface area contributed by atoms with E-state index in [0.717, 1.165) is 5.52 Å². The van der Waals surface area contributed by atoms with Crippen molar-refractivity contribution in [3.05, 3.63) is 42.6 Å². The lowest BCUT2D eigenvalue weighted by molar-refractivity contribution is 0.0707. The van der Waals surface area contributed by atoms with E-state index in [4.69, 9.17) is 4.43 Å². The summed E-state index contributed by atoms with van der Waals surface area (Å²) in [5.41, 5.74) is 1.02. The minimum atomic E-state index is -0.0448. The van der Waals surface area contributed by atoms with Gasteiger partial charge in [0.05, 0.1) is 11.1 Å². The molecule has 3 radical (unpaired) electrons. The molecule has 18 heavy (non-hydrogen) atoms. The molecule has 0 bridgehead atoms. The second-order valence-corrected chi connectivity index (χ2v) is 5.26. The number of aromatic nitrogens is 1. The smallest absolute Gasteiger partial charge is 0.246 e. The molecule has 1 heterocycles. The van der Waals surface area contributed by atoms with Gasteiger partial charge in [-0.15, -0.1) is 0 Å². The number of pyridine rings is 1. The molecule has 0 amide bonds. The summed E-state index contributed by atoms with van der Waals surface area (Å²) in [7, 11) is 3.02. The van der Waals surface area contributed by atoms with E-state index in [1.54, 1.807) is 0 Å². The Morgan fingerprint density at radius 2 is 1.72 bits per heavy atom. The average molecular weight is 258 g/mol.